The molecule has 4 nitrogen and oxygen atoms in total. The lowest BCUT2D eigenvalue weighted by Gasteiger charge is -2.36. The van der Waals surface area contributed by atoms with Gasteiger partial charge in [0, 0.05) is 12.0 Å². The van der Waals surface area contributed by atoms with E-state index in [1.165, 1.54) is 0 Å². The number of hydrogen-bond acceptors (Lipinski definition) is 4. The SMILES string of the molecule is CC1(C)CC(C(N)C2CCCCS2(=O)=O)C(C)(C)O1. The molecule has 2 aliphatic heterocycles. The number of ether oxygens (including phenoxy) is 1. The molecule has 3 unspecified atom stereocenters. The van der Waals surface area contributed by atoms with Crippen LogP contribution in [0.25, 0.3) is 0 Å². The van der Waals surface area contributed by atoms with Gasteiger partial charge in [0.2, 0.25) is 0 Å². The molecule has 2 saturated heterocycles. The third kappa shape index (κ3) is 2.98. The van der Waals surface area contributed by atoms with Crippen molar-refractivity contribution >= 4 is 9.84 Å². The van der Waals surface area contributed by atoms with Crippen LogP contribution in [0.15, 0.2) is 0 Å². The van der Waals surface area contributed by atoms with Crippen molar-refractivity contribution < 1.29 is 13.2 Å². The molecule has 5 heteroatoms. The molecular formula is C14H27NO3S. The Labute approximate surface area is 117 Å². The summed E-state index contributed by atoms with van der Waals surface area (Å²) in [4.78, 5) is 0. The van der Waals surface area contributed by atoms with Gasteiger partial charge in [0.15, 0.2) is 9.84 Å². The monoisotopic (exact) mass is 289 g/mol. The van der Waals surface area contributed by atoms with Crippen LogP contribution in [-0.4, -0.2) is 36.7 Å². The molecule has 0 aromatic carbocycles. The lowest BCUT2D eigenvalue weighted by Crippen LogP contribution is -2.52. The van der Waals surface area contributed by atoms with E-state index in [-0.39, 0.29) is 28.4 Å². The summed E-state index contributed by atoms with van der Waals surface area (Å²) in [5, 5.41) is -0.386. The van der Waals surface area contributed by atoms with Crippen molar-refractivity contribution in [3.05, 3.63) is 0 Å². The van der Waals surface area contributed by atoms with E-state index in [0.29, 0.717) is 12.2 Å². The zero-order valence-electron chi connectivity index (χ0n) is 12.5. The van der Waals surface area contributed by atoms with E-state index in [4.69, 9.17) is 10.5 Å². The molecule has 2 N–H and O–H groups in total. The molecule has 0 bridgehead atoms. The van der Waals surface area contributed by atoms with Crippen molar-refractivity contribution in [3.8, 4) is 0 Å². The Morgan fingerprint density at radius 3 is 2.32 bits per heavy atom. The van der Waals surface area contributed by atoms with Gasteiger partial charge in [0.1, 0.15) is 0 Å². The Hall–Kier alpha value is -0.130. The van der Waals surface area contributed by atoms with Crippen molar-refractivity contribution in [2.75, 3.05) is 5.75 Å². The highest BCUT2D eigenvalue weighted by Gasteiger charge is 2.51. The van der Waals surface area contributed by atoms with Crippen LogP contribution in [0.1, 0.15) is 53.4 Å². The predicted octanol–water partition coefficient (Wildman–Crippen LogP) is 1.87. The van der Waals surface area contributed by atoms with E-state index in [1.54, 1.807) is 0 Å². The van der Waals surface area contributed by atoms with Gasteiger partial charge in [-0.1, -0.05) is 6.42 Å². The van der Waals surface area contributed by atoms with Gasteiger partial charge in [-0.25, -0.2) is 8.42 Å². The average molecular weight is 289 g/mol. The molecule has 112 valence electrons. The second-order valence-electron chi connectivity index (χ2n) is 7.25. The quantitative estimate of drug-likeness (QED) is 0.842. The highest BCUT2D eigenvalue weighted by atomic mass is 32.2. The van der Waals surface area contributed by atoms with Gasteiger partial charge >= 0.3 is 0 Å². The standard InChI is InChI=1S/C14H27NO3S/c1-13(2)9-10(14(3,4)18-13)12(15)11-7-5-6-8-19(11,16)17/h10-12H,5-9,15H2,1-4H3. The smallest absolute Gasteiger partial charge is 0.154 e. The van der Waals surface area contributed by atoms with Gasteiger partial charge in [-0.3, -0.25) is 0 Å². The molecule has 2 aliphatic rings. The molecule has 0 aromatic rings. The Bertz CT molecular complexity index is 442. The first kappa shape index (κ1) is 15.3. The zero-order valence-corrected chi connectivity index (χ0v) is 13.3. The summed E-state index contributed by atoms with van der Waals surface area (Å²) < 4.78 is 30.5. The minimum absolute atomic E-state index is 0.0976. The van der Waals surface area contributed by atoms with E-state index < -0.39 is 9.84 Å². The molecule has 19 heavy (non-hydrogen) atoms. The third-order valence-corrected chi connectivity index (χ3v) is 7.00. The first-order valence-corrected chi connectivity index (χ1v) is 8.94. The maximum atomic E-state index is 12.2. The second-order valence-corrected chi connectivity index (χ2v) is 9.59. The van der Waals surface area contributed by atoms with Crippen LogP contribution in [0.4, 0.5) is 0 Å². The zero-order chi connectivity index (χ0) is 14.5. The molecule has 2 fully saturated rings. The van der Waals surface area contributed by atoms with Crippen molar-refractivity contribution in [1.82, 2.24) is 0 Å². The summed E-state index contributed by atoms with van der Waals surface area (Å²) in [6.07, 6.45) is 3.28. The van der Waals surface area contributed by atoms with Gasteiger partial charge in [-0.05, 0) is 47.0 Å². The predicted molar refractivity (Wildman–Crippen MR) is 76.8 cm³/mol. The van der Waals surface area contributed by atoms with E-state index in [0.717, 1.165) is 19.3 Å². The van der Waals surface area contributed by atoms with E-state index in [9.17, 15) is 8.42 Å². The average Bonchev–Trinajstić information content (AvgIpc) is 2.45. The van der Waals surface area contributed by atoms with E-state index >= 15 is 0 Å². The highest BCUT2D eigenvalue weighted by Crippen LogP contribution is 2.45. The van der Waals surface area contributed by atoms with Crippen LogP contribution in [0, 0.1) is 5.92 Å². The fourth-order valence-corrected chi connectivity index (χ4v) is 5.98. The molecule has 2 heterocycles. The van der Waals surface area contributed by atoms with E-state index in [1.807, 2.05) is 13.8 Å². The molecule has 0 saturated carbocycles. The largest absolute Gasteiger partial charge is 0.369 e. The summed E-state index contributed by atoms with van der Waals surface area (Å²) in [5.41, 5.74) is 5.80. The normalized spacial score (nSPS) is 37.9. The summed E-state index contributed by atoms with van der Waals surface area (Å²) in [6, 6.07) is -0.318. The van der Waals surface area contributed by atoms with Crippen molar-refractivity contribution in [3.63, 3.8) is 0 Å². The van der Waals surface area contributed by atoms with Crippen molar-refractivity contribution in [2.45, 2.75) is 75.9 Å². The lowest BCUT2D eigenvalue weighted by atomic mass is 9.80. The molecular weight excluding hydrogens is 262 g/mol. The Morgan fingerprint density at radius 1 is 1.21 bits per heavy atom. The topological polar surface area (TPSA) is 69.4 Å². The first-order valence-electron chi connectivity index (χ1n) is 7.22. The summed E-state index contributed by atoms with van der Waals surface area (Å²) in [5.74, 6) is 0.392. The van der Waals surface area contributed by atoms with Crippen LogP contribution < -0.4 is 5.73 Å². The molecule has 2 rings (SSSR count). The minimum Gasteiger partial charge on any atom is -0.369 e. The molecule has 3 atom stereocenters. The lowest BCUT2D eigenvalue weighted by molar-refractivity contribution is -0.0767. The van der Waals surface area contributed by atoms with Crippen molar-refractivity contribution in [2.24, 2.45) is 11.7 Å². The summed E-state index contributed by atoms with van der Waals surface area (Å²) >= 11 is 0. The minimum atomic E-state index is -3.03. The summed E-state index contributed by atoms with van der Waals surface area (Å²) in [7, 11) is -3.03. The Kier molecular flexibility index (Phi) is 3.78. The maximum absolute atomic E-state index is 12.2. The Balaban J connectivity index is 2.22. The fourth-order valence-electron chi connectivity index (χ4n) is 3.88. The van der Waals surface area contributed by atoms with Gasteiger partial charge in [0.25, 0.3) is 0 Å². The van der Waals surface area contributed by atoms with Gasteiger partial charge < -0.3 is 10.5 Å². The van der Waals surface area contributed by atoms with Crippen LogP contribution in [0.5, 0.6) is 0 Å². The van der Waals surface area contributed by atoms with Crippen LogP contribution in [-0.2, 0) is 14.6 Å². The third-order valence-electron chi connectivity index (χ3n) is 4.67. The molecule has 0 spiro atoms. The molecule has 0 aromatic heterocycles. The van der Waals surface area contributed by atoms with Crippen molar-refractivity contribution in [1.29, 1.82) is 0 Å². The molecule has 0 aliphatic carbocycles. The molecule has 0 radical (unpaired) electrons. The van der Waals surface area contributed by atoms with Crippen LogP contribution in [0.3, 0.4) is 0 Å². The fraction of sp³-hybridized carbons (Fsp3) is 1.00. The van der Waals surface area contributed by atoms with Gasteiger partial charge in [0.05, 0.1) is 22.2 Å². The van der Waals surface area contributed by atoms with Crippen LogP contribution >= 0.6 is 0 Å². The van der Waals surface area contributed by atoms with Gasteiger partial charge in [-0.15, -0.1) is 0 Å². The number of nitrogens with two attached hydrogens (primary N) is 1. The van der Waals surface area contributed by atoms with E-state index in [2.05, 4.69) is 13.8 Å². The number of rotatable bonds is 2. The Morgan fingerprint density at radius 2 is 1.84 bits per heavy atom. The first-order chi connectivity index (χ1) is 8.55. The highest BCUT2D eigenvalue weighted by molar-refractivity contribution is 7.92. The number of hydrogen-bond donors (Lipinski definition) is 1. The number of sulfone groups is 1. The second kappa shape index (κ2) is 4.71. The van der Waals surface area contributed by atoms with Gasteiger partial charge in [-0.2, -0.15) is 0 Å². The summed E-state index contributed by atoms with van der Waals surface area (Å²) in [6.45, 7) is 8.16. The molecule has 0 amide bonds. The van der Waals surface area contributed by atoms with Crippen LogP contribution in [0.2, 0.25) is 0 Å². The maximum Gasteiger partial charge on any atom is 0.154 e.